The van der Waals surface area contributed by atoms with Gasteiger partial charge in [-0.2, -0.15) is 14.4 Å². The van der Waals surface area contributed by atoms with Crippen LogP contribution in [0, 0.1) is 12.0 Å². The molecule has 0 bridgehead atoms. The highest BCUT2D eigenvalue weighted by molar-refractivity contribution is 5.81. The number of hydrogen-bond donors (Lipinski definition) is 2. The number of aromatic nitrogens is 4. The predicted molar refractivity (Wildman–Crippen MR) is 73.9 cm³/mol. The molecule has 1 saturated heterocycles. The molecule has 0 radical (unpaired) electrons. The molecule has 4 atom stereocenters. The number of rotatable bonds is 3. The number of imidazole rings is 1. The van der Waals surface area contributed by atoms with Crippen molar-refractivity contribution in [2.45, 2.75) is 24.9 Å². The third-order valence-corrected chi connectivity index (χ3v) is 4.15. The van der Waals surface area contributed by atoms with Crippen molar-refractivity contribution in [1.29, 1.82) is 0 Å². The number of nitrogens with two attached hydrogens (primary N) is 1. The third-order valence-electron chi connectivity index (χ3n) is 4.15. The molecule has 2 aromatic rings. The molecule has 0 unspecified atom stereocenters. The van der Waals surface area contributed by atoms with Crippen LogP contribution < -0.4 is 5.73 Å². The van der Waals surface area contributed by atoms with Gasteiger partial charge in [-0.15, -0.1) is 6.58 Å². The molecule has 7 nitrogen and oxygen atoms in total. The van der Waals surface area contributed by atoms with Gasteiger partial charge in [-0.1, -0.05) is 13.0 Å². The van der Waals surface area contributed by atoms with Crippen LogP contribution >= 0.6 is 0 Å². The number of alkyl halides is 1. The minimum atomic E-state index is -1.47. The van der Waals surface area contributed by atoms with E-state index in [-0.39, 0.29) is 17.0 Å². The number of nitrogens with zero attached hydrogens (tertiary/aromatic N) is 4. The number of fused-ring (bicyclic) bond motifs is 1. The van der Waals surface area contributed by atoms with Crippen molar-refractivity contribution in [2.24, 2.45) is 5.92 Å². The van der Waals surface area contributed by atoms with Crippen molar-refractivity contribution >= 4 is 17.0 Å². The van der Waals surface area contributed by atoms with Crippen molar-refractivity contribution in [3.05, 3.63) is 25.1 Å². The van der Waals surface area contributed by atoms with Crippen LogP contribution in [-0.4, -0.2) is 43.0 Å². The Morgan fingerprint density at radius 1 is 1.59 bits per heavy atom. The molecule has 3 N–H and O–H groups in total. The molecule has 0 saturated carbocycles. The van der Waals surface area contributed by atoms with Crippen LogP contribution in [0.1, 0.15) is 13.2 Å². The van der Waals surface area contributed by atoms with E-state index >= 15 is 0 Å². The van der Waals surface area contributed by atoms with E-state index in [4.69, 9.17) is 10.5 Å². The number of hydrogen-bond acceptors (Lipinski definition) is 6. The Kier molecular flexibility index (Phi) is 3.33. The first-order valence-corrected chi connectivity index (χ1v) is 6.65. The number of anilines is 1. The Bertz CT molecular complexity index is 737. The molecule has 0 aliphatic carbocycles. The van der Waals surface area contributed by atoms with E-state index < -0.39 is 36.6 Å². The minimum Gasteiger partial charge on any atom is -0.393 e. The van der Waals surface area contributed by atoms with Gasteiger partial charge in [-0.05, 0) is 0 Å². The topological polar surface area (TPSA) is 99.1 Å². The summed E-state index contributed by atoms with van der Waals surface area (Å²) in [6.45, 7) is 4.77. The standard InChI is InChI=1S/C13H15F2N5O2/c1-3-13(4-21)6(2)7(14)11(22-13)20-5-17-8-9(16)18-12(15)19-10(8)20/h3,5-7,11,21H,1,4H2,2H3,(H2,16,18,19)/t6-,7-,11+,13+/m0/s1. The SMILES string of the molecule is C=C[C@]1(CO)O[C@@H](n2cnc3c(N)nc(F)nc32)[C@@H](F)[C@@H]1C. The molecule has 3 heterocycles. The van der Waals surface area contributed by atoms with Gasteiger partial charge in [0.05, 0.1) is 12.9 Å². The zero-order valence-corrected chi connectivity index (χ0v) is 11.8. The molecule has 2 aromatic heterocycles. The van der Waals surface area contributed by atoms with Gasteiger partial charge in [0.15, 0.2) is 29.4 Å². The summed E-state index contributed by atoms with van der Waals surface area (Å²) >= 11 is 0. The second kappa shape index (κ2) is 4.96. The second-order valence-corrected chi connectivity index (χ2v) is 5.26. The van der Waals surface area contributed by atoms with Crippen LogP contribution in [-0.2, 0) is 4.74 Å². The molecule has 1 aliphatic heterocycles. The second-order valence-electron chi connectivity index (χ2n) is 5.26. The van der Waals surface area contributed by atoms with Gasteiger partial charge in [-0.25, -0.2) is 9.37 Å². The molecule has 0 aromatic carbocycles. The average molecular weight is 311 g/mol. The lowest BCUT2D eigenvalue weighted by atomic mass is 9.88. The van der Waals surface area contributed by atoms with Crippen LogP contribution in [0.5, 0.6) is 0 Å². The summed E-state index contributed by atoms with van der Waals surface area (Å²) in [6, 6.07) is 0. The Hall–Kier alpha value is -2.13. The van der Waals surface area contributed by atoms with Crippen LogP contribution in [0.2, 0.25) is 0 Å². The fraction of sp³-hybridized carbons (Fsp3) is 0.462. The van der Waals surface area contributed by atoms with E-state index in [1.807, 2.05) is 0 Å². The van der Waals surface area contributed by atoms with E-state index in [2.05, 4.69) is 21.5 Å². The van der Waals surface area contributed by atoms with Gasteiger partial charge < -0.3 is 15.6 Å². The van der Waals surface area contributed by atoms with E-state index in [9.17, 15) is 13.9 Å². The van der Waals surface area contributed by atoms with E-state index in [1.165, 1.54) is 17.0 Å². The van der Waals surface area contributed by atoms with Crippen molar-refractivity contribution in [3.8, 4) is 0 Å². The minimum absolute atomic E-state index is 0.0302. The predicted octanol–water partition coefficient (Wildman–Crippen LogP) is 0.968. The molecular weight excluding hydrogens is 296 g/mol. The highest BCUT2D eigenvalue weighted by Crippen LogP contribution is 2.44. The fourth-order valence-electron chi connectivity index (χ4n) is 2.70. The van der Waals surface area contributed by atoms with Gasteiger partial charge in [0, 0.05) is 5.92 Å². The zero-order chi connectivity index (χ0) is 16.1. The first kappa shape index (κ1) is 14.8. The maximum absolute atomic E-state index is 14.6. The third kappa shape index (κ3) is 1.89. The molecule has 1 fully saturated rings. The first-order valence-electron chi connectivity index (χ1n) is 6.65. The van der Waals surface area contributed by atoms with Crippen molar-refractivity contribution in [2.75, 3.05) is 12.3 Å². The summed E-state index contributed by atoms with van der Waals surface area (Å²) in [7, 11) is 0. The average Bonchev–Trinajstić information content (AvgIpc) is 3.01. The van der Waals surface area contributed by atoms with Gasteiger partial charge >= 0.3 is 6.08 Å². The molecule has 118 valence electrons. The van der Waals surface area contributed by atoms with E-state index in [0.717, 1.165) is 0 Å². The number of halogens is 2. The fourth-order valence-corrected chi connectivity index (χ4v) is 2.70. The van der Waals surface area contributed by atoms with E-state index in [1.54, 1.807) is 6.92 Å². The summed E-state index contributed by atoms with van der Waals surface area (Å²) in [4.78, 5) is 11.0. The highest BCUT2D eigenvalue weighted by atomic mass is 19.1. The normalized spacial score (nSPS) is 31.7. The van der Waals surface area contributed by atoms with Gasteiger partial charge in [-0.3, -0.25) is 4.57 Å². The lowest BCUT2D eigenvalue weighted by Gasteiger charge is -2.26. The Morgan fingerprint density at radius 3 is 2.91 bits per heavy atom. The smallest absolute Gasteiger partial charge is 0.312 e. The van der Waals surface area contributed by atoms with Crippen molar-refractivity contribution in [1.82, 2.24) is 19.5 Å². The van der Waals surface area contributed by atoms with Crippen LogP contribution in [0.4, 0.5) is 14.6 Å². The van der Waals surface area contributed by atoms with Crippen molar-refractivity contribution < 1.29 is 18.6 Å². The summed E-state index contributed by atoms with van der Waals surface area (Å²) in [5, 5.41) is 9.53. The molecular formula is C13H15F2N5O2. The Morgan fingerprint density at radius 2 is 2.32 bits per heavy atom. The number of aliphatic hydroxyl groups excluding tert-OH is 1. The monoisotopic (exact) mass is 311 g/mol. The molecule has 0 spiro atoms. The number of nitrogen functional groups attached to an aromatic ring is 1. The number of ether oxygens (including phenoxy) is 1. The largest absolute Gasteiger partial charge is 0.393 e. The van der Waals surface area contributed by atoms with Gasteiger partial charge in [0.25, 0.3) is 0 Å². The summed E-state index contributed by atoms with van der Waals surface area (Å²) in [5.41, 5.74) is 4.54. The van der Waals surface area contributed by atoms with Crippen molar-refractivity contribution in [3.63, 3.8) is 0 Å². The number of aliphatic hydroxyl groups is 1. The van der Waals surface area contributed by atoms with E-state index in [0.29, 0.717) is 0 Å². The maximum atomic E-state index is 14.6. The molecule has 9 heteroatoms. The highest BCUT2D eigenvalue weighted by Gasteiger charge is 2.52. The first-order chi connectivity index (χ1) is 10.4. The summed E-state index contributed by atoms with van der Waals surface area (Å²) in [6.07, 6.45) is -1.01. The van der Waals surface area contributed by atoms with Gasteiger partial charge in [0.2, 0.25) is 0 Å². The molecule has 22 heavy (non-hydrogen) atoms. The zero-order valence-electron chi connectivity index (χ0n) is 11.8. The quantitative estimate of drug-likeness (QED) is 0.647. The lowest BCUT2D eigenvalue weighted by molar-refractivity contribution is -0.0824. The van der Waals surface area contributed by atoms with Crippen LogP contribution in [0.25, 0.3) is 11.2 Å². The Balaban J connectivity index is 2.11. The molecule has 1 aliphatic rings. The maximum Gasteiger partial charge on any atom is 0.312 e. The lowest BCUT2D eigenvalue weighted by Crippen LogP contribution is -2.37. The Labute approximate surface area is 124 Å². The summed E-state index contributed by atoms with van der Waals surface area (Å²) < 4.78 is 34.9. The molecule has 3 rings (SSSR count). The summed E-state index contributed by atoms with van der Waals surface area (Å²) in [5.74, 6) is -0.790. The van der Waals surface area contributed by atoms with Crippen LogP contribution in [0.15, 0.2) is 19.0 Å². The van der Waals surface area contributed by atoms with Gasteiger partial charge in [0.1, 0.15) is 5.60 Å². The molecule has 0 amide bonds. The van der Waals surface area contributed by atoms with Crippen LogP contribution in [0.3, 0.4) is 0 Å².